The Kier molecular flexibility index (Phi) is 4.22. The van der Waals surface area contributed by atoms with Crippen molar-refractivity contribution in [3.8, 4) is 17.2 Å². The lowest BCUT2D eigenvalue weighted by Gasteiger charge is -2.17. The molecule has 1 atom stereocenters. The highest BCUT2D eigenvalue weighted by Gasteiger charge is 2.26. The number of benzene rings is 1. The molecule has 0 fully saturated rings. The van der Waals surface area contributed by atoms with Gasteiger partial charge in [0.1, 0.15) is 22.8 Å². The van der Waals surface area contributed by atoms with E-state index >= 15 is 0 Å². The summed E-state index contributed by atoms with van der Waals surface area (Å²) in [5.41, 5.74) is 0.944. The number of ketones is 1. The SMILES string of the molecule is CCC(C)C(=O)c1c(O)c(C)c(OC)c(C)c1O. The molecule has 1 aromatic rings. The maximum Gasteiger partial charge on any atom is 0.173 e. The molecule has 0 saturated heterocycles. The number of carbonyl (C=O) groups is 1. The first-order valence-electron chi connectivity index (χ1n) is 6.00. The number of phenols is 2. The van der Waals surface area contributed by atoms with Crippen molar-refractivity contribution in [2.75, 3.05) is 7.11 Å². The van der Waals surface area contributed by atoms with Gasteiger partial charge in [0.05, 0.1) is 7.11 Å². The summed E-state index contributed by atoms with van der Waals surface area (Å²) in [5.74, 6) is -0.471. The van der Waals surface area contributed by atoms with Crippen molar-refractivity contribution in [1.82, 2.24) is 0 Å². The summed E-state index contributed by atoms with van der Waals surface area (Å²) in [7, 11) is 1.46. The summed E-state index contributed by atoms with van der Waals surface area (Å²) in [4.78, 5) is 12.2. The predicted octanol–water partition coefficient (Wildman–Crippen LogP) is 2.95. The van der Waals surface area contributed by atoms with Gasteiger partial charge in [0.25, 0.3) is 0 Å². The average molecular weight is 252 g/mol. The summed E-state index contributed by atoms with van der Waals surface area (Å²) >= 11 is 0. The van der Waals surface area contributed by atoms with Gasteiger partial charge in [-0.05, 0) is 20.3 Å². The monoisotopic (exact) mass is 252 g/mol. The molecule has 0 saturated carbocycles. The Morgan fingerprint density at radius 1 is 1.22 bits per heavy atom. The summed E-state index contributed by atoms with van der Waals surface area (Å²) in [6.07, 6.45) is 0.655. The van der Waals surface area contributed by atoms with E-state index in [1.165, 1.54) is 7.11 Å². The van der Waals surface area contributed by atoms with E-state index in [2.05, 4.69) is 0 Å². The molecule has 0 aromatic heterocycles. The molecule has 1 unspecified atom stereocenters. The van der Waals surface area contributed by atoms with Crippen LogP contribution < -0.4 is 4.74 Å². The van der Waals surface area contributed by atoms with E-state index in [1.807, 2.05) is 6.92 Å². The minimum Gasteiger partial charge on any atom is -0.507 e. The second kappa shape index (κ2) is 5.29. The van der Waals surface area contributed by atoms with Crippen molar-refractivity contribution in [3.63, 3.8) is 0 Å². The minimum absolute atomic E-state index is 0.000139. The van der Waals surface area contributed by atoms with Gasteiger partial charge >= 0.3 is 0 Å². The molecule has 0 aliphatic carbocycles. The van der Waals surface area contributed by atoms with Gasteiger partial charge in [-0.2, -0.15) is 0 Å². The molecule has 0 amide bonds. The van der Waals surface area contributed by atoms with Gasteiger partial charge in [-0.3, -0.25) is 4.79 Å². The Morgan fingerprint density at radius 3 is 2.00 bits per heavy atom. The predicted molar refractivity (Wildman–Crippen MR) is 69.6 cm³/mol. The normalized spacial score (nSPS) is 12.3. The molecular weight excluding hydrogens is 232 g/mol. The summed E-state index contributed by atoms with van der Waals surface area (Å²) < 4.78 is 5.13. The molecule has 1 rings (SSSR count). The van der Waals surface area contributed by atoms with E-state index in [1.54, 1.807) is 20.8 Å². The minimum atomic E-state index is -0.249. The van der Waals surface area contributed by atoms with Crippen LogP contribution in [0.3, 0.4) is 0 Å². The third-order valence-corrected chi connectivity index (χ3v) is 3.38. The zero-order valence-corrected chi connectivity index (χ0v) is 11.5. The number of methoxy groups -OCH3 is 1. The van der Waals surface area contributed by atoms with E-state index in [0.29, 0.717) is 23.3 Å². The van der Waals surface area contributed by atoms with Gasteiger partial charge in [-0.25, -0.2) is 0 Å². The number of Topliss-reactive ketones (excluding diaryl/α,β-unsaturated/α-hetero) is 1. The Bertz CT molecular complexity index is 448. The third-order valence-electron chi connectivity index (χ3n) is 3.38. The fourth-order valence-electron chi connectivity index (χ4n) is 1.95. The number of carbonyl (C=O) groups excluding carboxylic acids is 1. The quantitative estimate of drug-likeness (QED) is 0.808. The molecule has 4 heteroatoms. The van der Waals surface area contributed by atoms with Crippen molar-refractivity contribution in [1.29, 1.82) is 0 Å². The van der Waals surface area contributed by atoms with Crippen LogP contribution >= 0.6 is 0 Å². The number of hydrogen-bond donors (Lipinski definition) is 2. The van der Waals surface area contributed by atoms with Crippen LogP contribution in [0.5, 0.6) is 17.2 Å². The number of hydrogen-bond acceptors (Lipinski definition) is 4. The van der Waals surface area contributed by atoms with Gasteiger partial charge in [0, 0.05) is 17.0 Å². The van der Waals surface area contributed by atoms with Crippen molar-refractivity contribution in [2.24, 2.45) is 5.92 Å². The lowest BCUT2D eigenvalue weighted by Crippen LogP contribution is -2.12. The van der Waals surface area contributed by atoms with Crippen LogP contribution in [0.2, 0.25) is 0 Å². The highest BCUT2D eigenvalue weighted by molar-refractivity contribution is 6.03. The second-order valence-corrected chi connectivity index (χ2v) is 4.53. The first-order chi connectivity index (χ1) is 8.36. The molecule has 18 heavy (non-hydrogen) atoms. The lowest BCUT2D eigenvalue weighted by atomic mass is 9.92. The Hall–Kier alpha value is -1.71. The standard InChI is InChI=1S/C14H20O4/c1-6-7(2)11(15)10-12(16)8(3)14(18-5)9(4)13(10)17/h7,16-17H,6H2,1-5H3. The molecular formula is C14H20O4. The third kappa shape index (κ3) is 2.15. The molecule has 0 bridgehead atoms. The number of rotatable bonds is 4. The smallest absolute Gasteiger partial charge is 0.173 e. The Balaban J connectivity index is 3.52. The van der Waals surface area contributed by atoms with Crippen LogP contribution in [0.25, 0.3) is 0 Å². The maximum absolute atomic E-state index is 12.2. The number of phenolic OH excluding ortho intramolecular Hbond substituents is 2. The molecule has 100 valence electrons. The molecule has 0 heterocycles. The molecule has 1 aromatic carbocycles. The highest BCUT2D eigenvalue weighted by atomic mass is 16.5. The van der Waals surface area contributed by atoms with Crippen molar-refractivity contribution >= 4 is 5.78 Å². The maximum atomic E-state index is 12.2. The first-order valence-corrected chi connectivity index (χ1v) is 6.00. The van der Waals surface area contributed by atoms with Crippen molar-refractivity contribution in [2.45, 2.75) is 34.1 Å². The summed E-state index contributed by atoms with van der Waals surface area (Å²) in [6, 6.07) is 0. The zero-order chi connectivity index (χ0) is 14.0. The van der Waals surface area contributed by atoms with E-state index in [0.717, 1.165) is 0 Å². The Labute approximate surface area is 107 Å². The van der Waals surface area contributed by atoms with Crippen LogP contribution in [0, 0.1) is 19.8 Å². The van der Waals surface area contributed by atoms with Gasteiger partial charge in [-0.15, -0.1) is 0 Å². The molecule has 4 nitrogen and oxygen atoms in total. The van der Waals surface area contributed by atoms with Gasteiger partial charge in [0.15, 0.2) is 5.78 Å². The van der Waals surface area contributed by atoms with Gasteiger partial charge in [-0.1, -0.05) is 13.8 Å². The van der Waals surface area contributed by atoms with Crippen LogP contribution in [-0.2, 0) is 0 Å². The van der Waals surface area contributed by atoms with Crippen LogP contribution in [0.4, 0.5) is 0 Å². The highest BCUT2D eigenvalue weighted by Crippen LogP contribution is 2.42. The summed E-state index contributed by atoms with van der Waals surface area (Å²) in [5, 5.41) is 20.1. The van der Waals surface area contributed by atoms with Crippen LogP contribution in [0.15, 0.2) is 0 Å². The largest absolute Gasteiger partial charge is 0.507 e. The molecule has 0 aliphatic rings. The molecule has 0 spiro atoms. The number of ether oxygens (including phenoxy) is 1. The lowest BCUT2D eigenvalue weighted by molar-refractivity contribution is 0.0921. The molecule has 0 aliphatic heterocycles. The Morgan fingerprint density at radius 2 is 1.67 bits per heavy atom. The van der Waals surface area contributed by atoms with E-state index in [9.17, 15) is 15.0 Å². The van der Waals surface area contributed by atoms with Gasteiger partial charge < -0.3 is 14.9 Å². The fraction of sp³-hybridized carbons (Fsp3) is 0.500. The number of aromatic hydroxyl groups is 2. The zero-order valence-electron chi connectivity index (χ0n) is 11.5. The molecule has 2 N–H and O–H groups in total. The van der Waals surface area contributed by atoms with E-state index in [4.69, 9.17) is 4.74 Å². The fourth-order valence-corrected chi connectivity index (χ4v) is 1.95. The first kappa shape index (κ1) is 14.4. The van der Waals surface area contributed by atoms with Crippen molar-refractivity contribution in [3.05, 3.63) is 16.7 Å². The topological polar surface area (TPSA) is 66.8 Å². The average Bonchev–Trinajstić information content (AvgIpc) is 2.36. The van der Waals surface area contributed by atoms with Crippen molar-refractivity contribution < 1.29 is 19.7 Å². The summed E-state index contributed by atoms with van der Waals surface area (Å²) in [6.45, 7) is 6.98. The van der Waals surface area contributed by atoms with Crippen LogP contribution in [-0.4, -0.2) is 23.1 Å². The van der Waals surface area contributed by atoms with Gasteiger partial charge in [0.2, 0.25) is 0 Å². The van der Waals surface area contributed by atoms with Crippen LogP contribution in [0.1, 0.15) is 41.8 Å². The molecule has 0 radical (unpaired) electrons. The van der Waals surface area contributed by atoms with E-state index < -0.39 is 0 Å². The second-order valence-electron chi connectivity index (χ2n) is 4.53. The van der Waals surface area contributed by atoms with E-state index in [-0.39, 0.29) is 28.8 Å².